The number of ether oxygens (including phenoxy) is 2. The van der Waals surface area contributed by atoms with Crippen LogP contribution in [0.1, 0.15) is 53.3 Å². The number of aliphatic hydroxyl groups excluding tert-OH is 1. The van der Waals surface area contributed by atoms with Gasteiger partial charge in [0.25, 0.3) is 0 Å². The molecular formula is C28H37ClN6O3. The third-order valence-corrected chi connectivity index (χ3v) is 7.88. The molecule has 0 saturated carbocycles. The number of nitrogens with zero attached hydrogens (tertiary/aromatic N) is 6. The van der Waals surface area contributed by atoms with Crippen molar-refractivity contribution in [3.05, 3.63) is 51.1 Å². The molecule has 1 N–H and O–H groups in total. The Bertz CT molecular complexity index is 1360. The summed E-state index contributed by atoms with van der Waals surface area (Å²) >= 11 is 6.89. The largest absolute Gasteiger partial charge is 0.496 e. The maximum absolute atomic E-state index is 10.2. The Morgan fingerprint density at radius 2 is 1.63 bits per heavy atom. The molecule has 0 radical (unpaired) electrons. The molecule has 3 aromatic heterocycles. The number of hydrogen-bond donors (Lipinski definition) is 1. The Kier molecular flexibility index (Phi) is 7.72. The molecule has 0 bridgehead atoms. The number of halogens is 1. The molecule has 1 unspecified atom stereocenters. The number of rotatable bonds is 8. The molecule has 10 heteroatoms. The van der Waals surface area contributed by atoms with Gasteiger partial charge in [-0.05, 0) is 33.1 Å². The highest BCUT2D eigenvalue weighted by Gasteiger charge is 2.42. The lowest BCUT2D eigenvalue weighted by Gasteiger charge is -2.30. The van der Waals surface area contributed by atoms with Crippen LogP contribution in [0.15, 0.2) is 12.4 Å². The fourth-order valence-corrected chi connectivity index (χ4v) is 5.56. The van der Waals surface area contributed by atoms with Gasteiger partial charge in [0, 0.05) is 66.3 Å². The van der Waals surface area contributed by atoms with Crippen molar-refractivity contribution in [2.45, 2.75) is 54.0 Å². The van der Waals surface area contributed by atoms with Crippen molar-refractivity contribution >= 4 is 29.2 Å². The number of hydrogen-bond acceptors (Lipinski definition) is 9. The minimum atomic E-state index is -0.431. The predicted molar refractivity (Wildman–Crippen MR) is 150 cm³/mol. The summed E-state index contributed by atoms with van der Waals surface area (Å²) in [5, 5.41) is 10.6. The van der Waals surface area contributed by atoms with E-state index in [2.05, 4.69) is 9.88 Å². The van der Waals surface area contributed by atoms with Gasteiger partial charge >= 0.3 is 0 Å². The number of aromatic nitrogens is 4. The Morgan fingerprint density at radius 3 is 2.24 bits per heavy atom. The summed E-state index contributed by atoms with van der Waals surface area (Å²) in [5.74, 6) is 3.38. The molecule has 9 nitrogen and oxygen atoms in total. The summed E-state index contributed by atoms with van der Waals surface area (Å²) in [5.41, 5.74) is 5.12. The number of anilines is 3. The molecular weight excluding hydrogens is 504 g/mol. The van der Waals surface area contributed by atoms with Crippen LogP contribution in [0.25, 0.3) is 0 Å². The second-order valence-corrected chi connectivity index (χ2v) is 11.0. The number of pyridine rings is 2. The first-order valence-corrected chi connectivity index (χ1v) is 13.0. The fourth-order valence-electron chi connectivity index (χ4n) is 5.27. The summed E-state index contributed by atoms with van der Waals surface area (Å²) in [6.45, 7) is 13.1. The number of aliphatic hydroxyl groups is 1. The van der Waals surface area contributed by atoms with E-state index >= 15 is 0 Å². The third-order valence-electron chi connectivity index (χ3n) is 7.60. The molecule has 38 heavy (non-hydrogen) atoms. The molecule has 0 aromatic carbocycles. The lowest BCUT2D eigenvalue weighted by Crippen LogP contribution is -2.31. The Balaban J connectivity index is 1.82. The van der Waals surface area contributed by atoms with Crippen molar-refractivity contribution < 1.29 is 14.6 Å². The van der Waals surface area contributed by atoms with Crippen LogP contribution in [-0.2, 0) is 6.54 Å². The van der Waals surface area contributed by atoms with Crippen molar-refractivity contribution in [1.82, 2.24) is 19.9 Å². The van der Waals surface area contributed by atoms with E-state index < -0.39 is 5.41 Å². The molecule has 4 heterocycles. The van der Waals surface area contributed by atoms with E-state index in [1.165, 1.54) is 0 Å². The summed E-state index contributed by atoms with van der Waals surface area (Å²) < 4.78 is 11.2. The molecule has 4 rings (SSSR count). The zero-order valence-electron chi connectivity index (χ0n) is 23.7. The van der Waals surface area contributed by atoms with Gasteiger partial charge in [-0.15, -0.1) is 0 Å². The lowest BCUT2D eigenvalue weighted by atomic mass is 9.77. The van der Waals surface area contributed by atoms with Gasteiger partial charge in [-0.2, -0.15) is 4.98 Å². The highest BCUT2D eigenvalue weighted by Crippen LogP contribution is 2.49. The number of fused-ring (bicyclic) bond motifs is 1. The van der Waals surface area contributed by atoms with E-state index in [9.17, 15) is 5.11 Å². The van der Waals surface area contributed by atoms with E-state index in [1.807, 2.05) is 59.7 Å². The molecule has 204 valence electrons. The molecule has 0 spiro atoms. The van der Waals surface area contributed by atoms with Crippen LogP contribution in [-0.4, -0.2) is 59.5 Å². The molecule has 1 atom stereocenters. The third kappa shape index (κ3) is 4.73. The second kappa shape index (κ2) is 10.5. The van der Waals surface area contributed by atoms with Gasteiger partial charge in [0.05, 0.1) is 26.5 Å². The van der Waals surface area contributed by atoms with Gasteiger partial charge in [0.15, 0.2) is 0 Å². The zero-order valence-corrected chi connectivity index (χ0v) is 24.4. The minimum absolute atomic E-state index is 0.00480. The fraction of sp³-hybridized carbons (Fsp3) is 0.500. The Morgan fingerprint density at radius 1 is 1.03 bits per heavy atom. The SMILES string of the molecule is COc1c(C)cnc(CN2CC(C(C)(C)CO)c3c(Cl)nc(N(C)c4ncc(C)c(OC)c4C)nc32)c1C. The average molecular weight is 541 g/mol. The molecule has 1 aliphatic rings. The van der Waals surface area contributed by atoms with Crippen LogP contribution in [0.5, 0.6) is 11.5 Å². The minimum Gasteiger partial charge on any atom is -0.496 e. The highest BCUT2D eigenvalue weighted by molar-refractivity contribution is 6.30. The van der Waals surface area contributed by atoms with Gasteiger partial charge in [-0.25, -0.2) is 9.97 Å². The summed E-state index contributed by atoms with van der Waals surface area (Å²) in [6.07, 6.45) is 3.61. The Hall–Kier alpha value is -3.17. The first-order valence-electron chi connectivity index (χ1n) is 12.6. The predicted octanol–water partition coefficient (Wildman–Crippen LogP) is 5.06. The monoisotopic (exact) mass is 540 g/mol. The standard InChI is InChI=1S/C28H37ClN6O3/c1-15-10-30-20(17(3)22(15)37-8)13-35-12-19(28(5,6)14-36)21-24(29)32-27(33-26(21)35)34(7)25-18(4)23(38-9)16(2)11-31-25/h10-11,19,36H,12-14H2,1-9H3. The second-order valence-electron chi connectivity index (χ2n) is 10.7. The van der Waals surface area contributed by atoms with Crippen molar-refractivity contribution in [2.75, 3.05) is 44.2 Å². The van der Waals surface area contributed by atoms with Crippen LogP contribution in [0.2, 0.25) is 5.15 Å². The average Bonchev–Trinajstić information content (AvgIpc) is 3.26. The maximum atomic E-state index is 10.2. The van der Waals surface area contributed by atoms with Crippen LogP contribution < -0.4 is 19.3 Å². The quantitative estimate of drug-likeness (QED) is 0.393. The maximum Gasteiger partial charge on any atom is 0.234 e. The van der Waals surface area contributed by atoms with Crippen LogP contribution in [0, 0.1) is 33.1 Å². The van der Waals surface area contributed by atoms with Gasteiger partial charge in [-0.1, -0.05) is 25.4 Å². The number of aryl methyl sites for hydroxylation is 2. The topological polar surface area (TPSA) is 96.7 Å². The van der Waals surface area contributed by atoms with Crippen molar-refractivity contribution in [2.24, 2.45) is 5.41 Å². The van der Waals surface area contributed by atoms with Gasteiger partial charge in [0.1, 0.15) is 28.3 Å². The molecule has 0 aliphatic carbocycles. The van der Waals surface area contributed by atoms with Crippen molar-refractivity contribution in [3.63, 3.8) is 0 Å². The van der Waals surface area contributed by atoms with E-state index in [0.29, 0.717) is 30.0 Å². The van der Waals surface area contributed by atoms with Crippen LogP contribution >= 0.6 is 11.6 Å². The summed E-state index contributed by atoms with van der Waals surface area (Å²) in [7, 11) is 5.20. The Labute approximate surface area is 229 Å². The molecule has 1 aliphatic heterocycles. The van der Waals surface area contributed by atoms with Gasteiger partial charge < -0.3 is 19.5 Å². The van der Waals surface area contributed by atoms with Gasteiger partial charge in [0.2, 0.25) is 5.95 Å². The van der Waals surface area contributed by atoms with E-state index in [0.717, 1.165) is 50.8 Å². The summed E-state index contributed by atoms with van der Waals surface area (Å²) in [4.78, 5) is 23.0. The highest BCUT2D eigenvalue weighted by atomic mass is 35.5. The first kappa shape index (κ1) is 27.9. The number of methoxy groups -OCH3 is 2. The van der Waals surface area contributed by atoms with E-state index in [-0.39, 0.29) is 12.5 Å². The van der Waals surface area contributed by atoms with E-state index in [4.69, 9.17) is 36.0 Å². The van der Waals surface area contributed by atoms with Crippen molar-refractivity contribution in [1.29, 1.82) is 0 Å². The normalized spacial score (nSPS) is 15.0. The first-order chi connectivity index (χ1) is 17.9. The molecule has 0 saturated heterocycles. The molecule has 3 aromatic rings. The van der Waals surface area contributed by atoms with Crippen LogP contribution in [0.4, 0.5) is 17.6 Å². The van der Waals surface area contributed by atoms with E-state index in [1.54, 1.807) is 20.4 Å². The van der Waals surface area contributed by atoms with Crippen LogP contribution in [0.3, 0.4) is 0 Å². The lowest BCUT2D eigenvalue weighted by molar-refractivity contribution is 0.135. The van der Waals surface area contributed by atoms with Gasteiger partial charge in [-0.3, -0.25) is 9.88 Å². The zero-order chi connectivity index (χ0) is 27.9. The van der Waals surface area contributed by atoms with Crippen molar-refractivity contribution in [3.8, 4) is 11.5 Å². The summed E-state index contributed by atoms with van der Waals surface area (Å²) in [6, 6.07) is 0. The smallest absolute Gasteiger partial charge is 0.234 e. The molecule has 0 fully saturated rings. The molecule has 0 amide bonds.